The Balaban J connectivity index is 1.69. The first-order valence-electron chi connectivity index (χ1n) is 8.40. The van der Waals surface area contributed by atoms with Crippen LogP contribution in [0.2, 0.25) is 0 Å². The van der Waals surface area contributed by atoms with Crippen LogP contribution in [0.5, 0.6) is 5.75 Å². The van der Waals surface area contributed by atoms with Crippen molar-refractivity contribution in [2.45, 2.75) is 45.0 Å². The molecule has 3 rings (SSSR count). The van der Waals surface area contributed by atoms with Gasteiger partial charge in [0.05, 0.1) is 19.8 Å². The van der Waals surface area contributed by atoms with E-state index in [1.54, 1.807) is 7.11 Å². The summed E-state index contributed by atoms with van der Waals surface area (Å²) in [6, 6.07) is 9.45. The normalized spacial score (nSPS) is 26.9. The molecule has 2 aliphatic heterocycles. The number of methoxy groups -OCH3 is 1. The van der Waals surface area contributed by atoms with Crippen molar-refractivity contribution in [1.29, 1.82) is 0 Å². The van der Waals surface area contributed by atoms with E-state index in [4.69, 9.17) is 9.47 Å². The Bertz CT molecular complexity index is 492. The van der Waals surface area contributed by atoms with E-state index in [1.165, 1.54) is 5.56 Å². The van der Waals surface area contributed by atoms with Crippen molar-refractivity contribution in [2.75, 3.05) is 33.4 Å². The highest BCUT2D eigenvalue weighted by Crippen LogP contribution is 2.27. The summed E-state index contributed by atoms with van der Waals surface area (Å²) in [6.07, 6.45) is 1.54. The van der Waals surface area contributed by atoms with E-state index in [2.05, 4.69) is 35.8 Å². The maximum atomic E-state index is 6.01. The second-order valence-corrected chi connectivity index (χ2v) is 6.64. The minimum atomic E-state index is 0.407. The zero-order valence-electron chi connectivity index (χ0n) is 14.0. The molecule has 0 amide bonds. The number of ether oxygens (including phenoxy) is 2. The van der Waals surface area contributed by atoms with Gasteiger partial charge in [0.15, 0.2) is 0 Å². The lowest BCUT2D eigenvalue weighted by Crippen LogP contribution is -2.61. The molecule has 0 aromatic heterocycles. The van der Waals surface area contributed by atoms with Crippen LogP contribution < -0.4 is 4.74 Å². The highest BCUT2D eigenvalue weighted by molar-refractivity contribution is 5.33. The van der Waals surface area contributed by atoms with Crippen LogP contribution in [0.3, 0.4) is 0 Å². The molecule has 122 valence electrons. The number of rotatable bonds is 4. The summed E-state index contributed by atoms with van der Waals surface area (Å²) in [5.74, 6) is 0.991. The third kappa shape index (κ3) is 3.29. The van der Waals surface area contributed by atoms with Crippen LogP contribution in [0.1, 0.15) is 25.8 Å². The van der Waals surface area contributed by atoms with Gasteiger partial charge in [0.25, 0.3) is 0 Å². The fourth-order valence-electron chi connectivity index (χ4n) is 3.82. The van der Waals surface area contributed by atoms with Crippen LogP contribution >= 0.6 is 0 Å². The molecule has 1 aromatic rings. The predicted molar refractivity (Wildman–Crippen MR) is 88.3 cm³/mol. The maximum Gasteiger partial charge on any atom is 0.123 e. The van der Waals surface area contributed by atoms with Crippen molar-refractivity contribution in [2.24, 2.45) is 0 Å². The predicted octanol–water partition coefficient (Wildman–Crippen LogP) is 2.38. The van der Waals surface area contributed by atoms with E-state index in [1.807, 2.05) is 12.1 Å². The number of likely N-dealkylation sites (tertiary alicyclic amines) is 1. The summed E-state index contributed by atoms with van der Waals surface area (Å²) in [5, 5.41) is 0. The van der Waals surface area contributed by atoms with Crippen molar-refractivity contribution in [3.63, 3.8) is 0 Å². The fourth-order valence-corrected chi connectivity index (χ4v) is 3.82. The SMILES string of the molecule is COc1ccccc1CN1CC[C@H]2OCCN(C(C)C)[C@@H]2C1. The molecule has 4 nitrogen and oxygen atoms in total. The minimum Gasteiger partial charge on any atom is -0.496 e. The number of para-hydroxylation sites is 1. The zero-order valence-corrected chi connectivity index (χ0v) is 14.0. The van der Waals surface area contributed by atoms with E-state index in [-0.39, 0.29) is 0 Å². The van der Waals surface area contributed by atoms with Gasteiger partial charge < -0.3 is 9.47 Å². The molecule has 1 aromatic carbocycles. The van der Waals surface area contributed by atoms with Crippen LogP contribution in [0, 0.1) is 0 Å². The molecule has 4 heteroatoms. The van der Waals surface area contributed by atoms with Crippen molar-refractivity contribution in [3.05, 3.63) is 29.8 Å². The summed E-state index contributed by atoms with van der Waals surface area (Å²) in [4.78, 5) is 5.16. The van der Waals surface area contributed by atoms with Crippen molar-refractivity contribution in [1.82, 2.24) is 9.80 Å². The van der Waals surface area contributed by atoms with Gasteiger partial charge in [-0.3, -0.25) is 9.80 Å². The molecule has 2 saturated heterocycles. The van der Waals surface area contributed by atoms with Gasteiger partial charge in [-0.25, -0.2) is 0 Å². The maximum absolute atomic E-state index is 6.01. The second-order valence-electron chi connectivity index (χ2n) is 6.64. The largest absolute Gasteiger partial charge is 0.496 e. The Hall–Kier alpha value is -1.10. The highest BCUT2D eigenvalue weighted by Gasteiger charge is 2.37. The van der Waals surface area contributed by atoms with E-state index in [0.717, 1.165) is 45.0 Å². The minimum absolute atomic E-state index is 0.407. The van der Waals surface area contributed by atoms with Crippen molar-refractivity contribution in [3.8, 4) is 5.75 Å². The molecule has 0 saturated carbocycles. The summed E-state index contributed by atoms with van der Waals surface area (Å²) in [5.41, 5.74) is 1.27. The molecule has 2 heterocycles. The van der Waals surface area contributed by atoms with Gasteiger partial charge in [0.1, 0.15) is 5.75 Å². The molecule has 2 aliphatic rings. The van der Waals surface area contributed by atoms with E-state index in [0.29, 0.717) is 18.2 Å². The molecular weight excluding hydrogens is 276 g/mol. The van der Waals surface area contributed by atoms with Gasteiger partial charge in [-0.1, -0.05) is 18.2 Å². The van der Waals surface area contributed by atoms with Crippen LogP contribution in [0.25, 0.3) is 0 Å². The highest BCUT2D eigenvalue weighted by atomic mass is 16.5. The Kier molecular flexibility index (Phi) is 5.01. The van der Waals surface area contributed by atoms with Gasteiger partial charge >= 0.3 is 0 Å². The molecule has 0 aliphatic carbocycles. The number of nitrogens with zero attached hydrogens (tertiary/aromatic N) is 2. The van der Waals surface area contributed by atoms with Gasteiger partial charge in [0, 0.05) is 43.8 Å². The van der Waals surface area contributed by atoms with E-state index >= 15 is 0 Å². The first kappa shape index (κ1) is 15.8. The van der Waals surface area contributed by atoms with Gasteiger partial charge in [0.2, 0.25) is 0 Å². The lowest BCUT2D eigenvalue weighted by Gasteiger charge is -2.48. The molecule has 2 fully saturated rings. The van der Waals surface area contributed by atoms with Gasteiger partial charge in [-0.05, 0) is 26.3 Å². The van der Waals surface area contributed by atoms with Crippen molar-refractivity contribution < 1.29 is 9.47 Å². The number of hydrogen-bond donors (Lipinski definition) is 0. The first-order valence-corrected chi connectivity index (χ1v) is 8.40. The quantitative estimate of drug-likeness (QED) is 0.853. The van der Waals surface area contributed by atoms with Crippen LogP contribution in [-0.2, 0) is 11.3 Å². The van der Waals surface area contributed by atoms with E-state index in [9.17, 15) is 0 Å². The monoisotopic (exact) mass is 304 g/mol. The van der Waals surface area contributed by atoms with Gasteiger partial charge in [-0.2, -0.15) is 0 Å². The van der Waals surface area contributed by atoms with Crippen molar-refractivity contribution >= 4 is 0 Å². The molecule has 0 bridgehead atoms. The standard InChI is InChI=1S/C18H28N2O2/c1-14(2)20-10-11-22-18-8-9-19(13-16(18)20)12-15-6-4-5-7-17(15)21-3/h4-7,14,16,18H,8-13H2,1-3H3/t16-,18-/m1/s1. The second kappa shape index (κ2) is 6.99. The lowest BCUT2D eigenvalue weighted by atomic mass is 9.97. The number of benzene rings is 1. The summed E-state index contributed by atoms with van der Waals surface area (Å²) < 4.78 is 11.5. The van der Waals surface area contributed by atoms with Crippen LogP contribution in [0.15, 0.2) is 24.3 Å². The van der Waals surface area contributed by atoms with Crippen LogP contribution in [0.4, 0.5) is 0 Å². The molecule has 2 atom stereocenters. The van der Waals surface area contributed by atoms with Gasteiger partial charge in [-0.15, -0.1) is 0 Å². The summed E-state index contributed by atoms with van der Waals surface area (Å²) in [6.45, 7) is 9.67. The fraction of sp³-hybridized carbons (Fsp3) is 0.667. The third-order valence-corrected chi connectivity index (χ3v) is 4.96. The Labute approximate surface area is 134 Å². The number of hydrogen-bond acceptors (Lipinski definition) is 4. The average molecular weight is 304 g/mol. The average Bonchev–Trinajstić information content (AvgIpc) is 2.54. The molecule has 0 N–H and O–H groups in total. The third-order valence-electron chi connectivity index (χ3n) is 4.96. The molecule has 0 spiro atoms. The first-order chi connectivity index (χ1) is 10.7. The molecule has 22 heavy (non-hydrogen) atoms. The summed E-state index contributed by atoms with van der Waals surface area (Å²) >= 11 is 0. The topological polar surface area (TPSA) is 24.9 Å². The Morgan fingerprint density at radius 3 is 2.86 bits per heavy atom. The lowest BCUT2D eigenvalue weighted by molar-refractivity contribution is -0.113. The summed E-state index contributed by atoms with van der Waals surface area (Å²) in [7, 11) is 1.75. The van der Waals surface area contributed by atoms with Crippen LogP contribution in [-0.4, -0.2) is 61.3 Å². The smallest absolute Gasteiger partial charge is 0.123 e. The molecule has 0 unspecified atom stereocenters. The number of morpholine rings is 1. The molecular formula is C18H28N2O2. The Morgan fingerprint density at radius 1 is 1.27 bits per heavy atom. The zero-order chi connectivity index (χ0) is 15.5. The number of piperidine rings is 1. The Morgan fingerprint density at radius 2 is 2.09 bits per heavy atom. The number of fused-ring (bicyclic) bond motifs is 1. The van der Waals surface area contributed by atoms with E-state index < -0.39 is 0 Å². The molecule has 0 radical (unpaired) electrons.